The van der Waals surface area contributed by atoms with Crippen molar-refractivity contribution in [3.05, 3.63) is 176 Å². The van der Waals surface area contributed by atoms with Gasteiger partial charge in [-0.15, -0.1) is 0 Å². The van der Waals surface area contributed by atoms with Crippen LogP contribution in [0.1, 0.15) is 0 Å². The molecule has 11 rings (SSSR count). The van der Waals surface area contributed by atoms with Gasteiger partial charge in [0.25, 0.3) is 0 Å². The van der Waals surface area contributed by atoms with Gasteiger partial charge in [0.2, 0.25) is 0 Å². The fourth-order valence-corrected chi connectivity index (χ4v) is 8.17. The summed E-state index contributed by atoms with van der Waals surface area (Å²) in [4.78, 5) is 10.2. The van der Waals surface area contributed by atoms with Gasteiger partial charge in [-0.3, -0.25) is 0 Å². The SMILES string of the molecule is c1ccc(-c2nc(-c3ccccc3)c3cc(-c4ccc5c(c4)c4ccccc4n5-c4ccc5ccc6cccc7ccc4c5c67)ccc3n2)cc1. The molecule has 0 aliphatic rings. The van der Waals surface area contributed by atoms with Gasteiger partial charge in [-0.05, 0) is 74.5 Å². The van der Waals surface area contributed by atoms with E-state index in [-0.39, 0.29) is 0 Å². The van der Waals surface area contributed by atoms with Crippen molar-refractivity contribution >= 4 is 65.0 Å². The van der Waals surface area contributed by atoms with Crippen molar-refractivity contribution < 1.29 is 0 Å². The molecule has 2 heterocycles. The second-order valence-corrected chi connectivity index (χ2v) is 13.4. The van der Waals surface area contributed by atoms with E-state index in [2.05, 4.69) is 156 Å². The monoisotopic (exact) mass is 647 g/mol. The maximum absolute atomic E-state index is 5.14. The molecule has 0 saturated carbocycles. The van der Waals surface area contributed by atoms with Gasteiger partial charge < -0.3 is 4.57 Å². The standard InChI is InChI=1S/C48H29N3/c1-3-10-33(11-4-1)47-40-29-35(21-25-41(40)49-48(50-47)34-12-5-2-6-13-34)36-23-27-44-39(28-36)37-16-7-8-17-42(37)51(44)43-26-22-32-19-18-30-14-9-15-31-20-24-38(43)46(32)45(30)31/h1-29H. The van der Waals surface area contributed by atoms with Crippen molar-refractivity contribution in [3.63, 3.8) is 0 Å². The number of hydrogen-bond donors (Lipinski definition) is 0. The molecular weight excluding hydrogens is 619 g/mol. The number of hydrogen-bond acceptors (Lipinski definition) is 2. The lowest BCUT2D eigenvalue weighted by Crippen LogP contribution is -1.96. The predicted molar refractivity (Wildman–Crippen MR) is 214 cm³/mol. The summed E-state index contributed by atoms with van der Waals surface area (Å²) in [5.74, 6) is 0.732. The molecule has 0 aliphatic carbocycles. The summed E-state index contributed by atoms with van der Waals surface area (Å²) in [6.07, 6.45) is 0. The van der Waals surface area contributed by atoms with Gasteiger partial charge in [-0.2, -0.15) is 0 Å². The molecule has 0 bridgehead atoms. The summed E-state index contributed by atoms with van der Waals surface area (Å²) in [5, 5.41) is 11.3. The smallest absolute Gasteiger partial charge is 0.160 e. The van der Waals surface area contributed by atoms with Crippen LogP contribution in [0.4, 0.5) is 0 Å². The summed E-state index contributed by atoms with van der Waals surface area (Å²) >= 11 is 0. The number of aromatic nitrogens is 3. The Balaban J connectivity index is 1.12. The first-order chi connectivity index (χ1) is 25.3. The van der Waals surface area contributed by atoms with Crippen LogP contribution in [-0.4, -0.2) is 14.5 Å². The second kappa shape index (κ2) is 10.8. The molecule has 0 radical (unpaired) electrons. The van der Waals surface area contributed by atoms with Crippen LogP contribution in [0.5, 0.6) is 0 Å². The van der Waals surface area contributed by atoms with Crippen molar-refractivity contribution in [2.45, 2.75) is 0 Å². The molecule has 0 saturated heterocycles. The van der Waals surface area contributed by atoms with Crippen LogP contribution in [-0.2, 0) is 0 Å². The number of para-hydroxylation sites is 1. The summed E-state index contributed by atoms with van der Waals surface area (Å²) in [6.45, 7) is 0. The van der Waals surface area contributed by atoms with E-state index in [4.69, 9.17) is 9.97 Å². The summed E-state index contributed by atoms with van der Waals surface area (Å²) < 4.78 is 2.45. The maximum Gasteiger partial charge on any atom is 0.160 e. The highest BCUT2D eigenvalue weighted by atomic mass is 15.0. The van der Waals surface area contributed by atoms with Crippen molar-refractivity contribution in [1.29, 1.82) is 0 Å². The molecule has 0 atom stereocenters. The van der Waals surface area contributed by atoms with Gasteiger partial charge in [0, 0.05) is 32.7 Å². The molecule has 2 aromatic heterocycles. The van der Waals surface area contributed by atoms with Crippen LogP contribution < -0.4 is 0 Å². The van der Waals surface area contributed by atoms with Crippen molar-refractivity contribution in [3.8, 4) is 39.5 Å². The van der Waals surface area contributed by atoms with E-state index < -0.39 is 0 Å². The zero-order valence-electron chi connectivity index (χ0n) is 27.6. The van der Waals surface area contributed by atoms with Crippen LogP contribution in [0.15, 0.2) is 176 Å². The molecule has 0 aliphatic heterocycles. The van der Waals surface area contributed by atoms with E-state index in [1.54, 1.807) is 0 Å². The average Bonchev–Trinajstić information content (AvgIpc) is 3.53. The van der Waals surface area contributed by atoms with E-state index in [0.29, 0.717) is 0 Å². The molecule has 0 amide bonds. The van der Waals surface area contributed by atoms with E-state index in [0.717, 1.165) is 44.7 Å². The summed E-state index contributed by atoms with van der Waals surface area (Å²) in [7, 11) is 0. The van der Waals surface area contributed by atoms with Crippen molar-refractivity contribution in [1.82, 2.24) is 14.5 Å². The van der Waals surface area contributed by atoms with Gasteiger partial charge in [0.15, 0.2) is 5.82 Å². The Hall–Kier alpha value is -6.84. The molecule has 236 valence electrons. The van der Waals surface area contributed by atoms with Gasteiger partial charge in [0.1, 0.15) is 0 Å². The largest absolute Gasteiger partial charge is 0.309 e. The van der Waals surface area contributed by atoms with E-state index in [9.17, 15) is 0 Å². The van der Waals surface area contributed by atoms with Gasteiger partial charge in [-0.1, -0.05) is 140 Å². The Bertz CT molecular complexity index is 3110. The van der Waals surface area contributed by atoms with Crippen molar-refractivity contribution in [2.24, 2.45) is 0 Å². The highest BCUT2D eigenvalue weighted by molar-refractivity contribution is 6.25. The quantitative estimate of drug-likeness (QED) is 0.178. The zero-order chi connectivity index (χ0) is 33.5. The number of nitrogens with zero attached hydrogens (tertiary/aromatic N) is 3. The minimum Gasteiger partial charge on any atom is -0.309 e. The van der Waals surface area contributed by atoms with E-state index in [1.165, 1.54) is 59.8 Å². The first-order valence-electron chi connectivity index (χ1n) is 17.4. The number of benzene rings is 9. The van der Waals surface area contributed by atoms with Crippen LogP contribution in [0.3, 0.4) is 0 Å². The third-order valence-electron chi connectivity index (χ3n) is 10.5. The van der Waals surface area contributed by atoms with Crippen LogP contribution in [0.25, 0.3) is 104 Å². The summed E-state index contributed by atoms with van der Waals surface area (Å²) in [5.41, 5.74) is 9.84. The molecule has 0 N–H and O–H groups in total. The Labute approximate surface area is 294 Å². The molecule has 0 unspecified atom stereocenters. The second-order valence-electron chi connectivity index (χ2n) is 13.4. The predicted octanol–water partition coefficient (Wildman–Crippen LogP) is 12.6. The first kappa shape index (κ1) is 28.0. The lowest BCUT2D eigenvalue weighted by Gasteiger charge is -2.16. The average molecular weight is 648 g/mol. The lowest BCUT2D eigenvalue weighted by atomic mass is 9.93. The third kappa shape index (κ3) is 4.25. The Morgan fingerprint density at radius 2 is 0.980 bits per heavy atom. The molecular formula is C48H29N3. The highest BCUT2D eigenvalue weighted by Crippen LogP contribution is 2.41. The van der Waals surface area contributed by atoms with Gasteiger partial charge in [-0.25, -0.2) is 9.97 Å². The van der Waals surface area contributed by atoms with Crippen molar-refractivity contribution in [2.75, 3.05) is 0 Å². The maximum atomic E-state index is 5.14. The molecule has 0 spiro atoms. The zero-order valence-corrected chi connectivity index (χ0v) is 27.6. The number of fused-ring (bicyclic) bond motifs is 4. The van der Waals surface area contributed by atoms with Crippen LogP contribution >= 0.6 is 0 Å². The van der Waals surface area contributed by atoms with Gasteiger partial charge in [0.05, 0.1) is 27.9 Å². The topological polar surface area (TPSA) is 30.7 Å². The molecule has 11 aromatic rings. The molecule has 3 nitrogen and oxygen atoms in total. The number of rotatable bonds is 4. The summed E-state index contributed by atoms with van der Waals surface area (Å²) in [6, 6.07) is 63.2. The highest BCUT2D eigenvalue weighted by Gasteiger charge is 2.18. The molecule has 0 fully saturated rings. The molecule has 9 aromatic carbocycles. The van der Waals surface area contributed by atoms with Crippen LogP contribution in [0, 0.1) is 0 Å². The lowest BCUT2D eigenvalue weighted by molar-refractivity contribution is 1.20. The Morgan fingerprint density at radius 1 is 0.353 bits per heavy atom. The molecule has 51 heavy (non-hydrogen) atoms. The van der Waals surface area contributed by atoms with Crippen LogP contribution in [0.2, 0.25) is 0 Å². The minimum atomic E-state index is 0.732. The van der Waals surface area contributed by atoms with E-state index in [1.807, 2.05) is 24.3 Å². The van der Waals surface area contributed by atoms with Gasteiger partial charge >= 0.3 is 0 Å². The Kier molecular flexibility index (Phi) is 5.96. The normalized spacial score (nSPS) is 11.9. The third-order valence-corrected chi connectivity index (χ3v) is 10.5. The fourth-order valence-electron chi connectivity index (χ4n) is 8.17. The molecule has 3 heteroatoms. The Morgan fingerprint density at radius 3 is 1.78 bits per heavy atom. The van der Waals surface area contributed by atoms with E-state index >= 15 is 0 Å². The first-order valence-corrected chi connectivity index (χ1v) is 17.4. The minimum absolute atomic E-state index is 0.732. The fraction of sp³-hybridized carbons (Fsp3) is 0.